The van der Waals surface area contributed by atoms with Crippen LogP contribution in [0.25, 0.3) is 0 Å². The van der Waals surface area contributed by atoms with Gasteiger partial charge in [-0.3, -0.25) is 0 Å². The van der Waals surface area contributed by atoms with Crippen LogP contribution in [-0.2, 0) is 4.79 Å². The van der Waals surface area contributed by atoms with Crippen molar-refractivity contribution in [3.63, 3.8) is 0 Å². The van der Waals surface area contributed by atoms with Gasteiger partial charge in [-0.2, -0.15) is 11.8 Å². The molecule has 1 rings (SSSR count). The minimum atomic E-state index is -1.01. The Hall–Kier alpha value is -0.910. The highest BCUT2D eigenvalue weighted by molar-refractivity contribution is 7.98. The van der Waals surface area contributed by atoms with Crippen LogP contribution >= 0.6 is 11.8 Å². The Kier molecular flexibility index (Phi) is 6.32. The summed E-state index contributed by atoms with van der Waals surface area (Å²) >= 11 is 1.82. The standard InChI is InChI=1S/C12H22N2O3S/c1-18-9-4-2-3-8-13-11(17)14-12(10(15)16)6-5-7-12/h2-9H2,1H3,(H,15,16)(H2,13,14,17). The van der Waals surface area contributed by atoms with Crippen molar-refractivity contribution in [2.75, 3.05) is 18.6 Å². The van der Waals surface area contributed by atoms with E-state index in [1.54, 1.807) is 0 Å². The number of urea groups is 1. The van der Waals surface area contributed by atoms with Crippen LogP contribution in [0, 0.1) is 0 Å². The van der Waals surface area contributed by atoms with Gasteiger partial charge in [-0.1, -0.05) is 6.42 Å². The van der Waals surface area contributed by atoms with Gasteiger partial charge in [0.15, 0.2) is 0 Å². The van der Waals surface area contributed by atoms with Crippen molar-refractivity contribution in [1.29, 1.82) is 0 Å². The summed E-state index contributed by atoms with van der Waals surface area (Å²) in [6, 6.07) is -0.359. The number of thioether (sulfide) groups is 1. The van der Waals surface area contributed by atoms with Gasteiger partial charge in [0.25, 0.3) is 0 Å². The number of carboxylic acids is 1. The fraction of sp³-hybridized carbons (Fsp3) is 0.833. The van der Waals surface area contributed by atoms with Gasteiger partial charge in [0, 0.05) is 6.54 Å². The molecule has 0 saturated heterocycles. The van der Waals surface area contributed by atoms with Gasteiger partial charge >= 0.3 is 12.0 Å². The highest BCUT2D eigenvalue weighted by atomic mass is 32.2. The summed E-state index contributed by atoms with van der Waals surface area (Å²) in [6.07, 6.45) is 7.19. The number of aliphatic carboxylic acids is 1. The molecule has 18 heavy (non-hydrogen) atoms. The first-order valence-electron chi connectivity index (χ1n) is 6.39. The molecule has 0 spiro atoms. The smallest absolute Gasteiger partial charge is 0.329 e. The van der Waals surface area contributed by atoms with E-state index in [4.69, 9.17) is 5.11 Å². The largest absolute Gasteiger partial charge is 0.480 e. The normalized spacial score (nSPS) is 16.7. The molecule has 0 unspecified atom stereocenters. The molecule has 0 bridgehead atoms. The zero-order chi connectivity index (χ0) is 13.4. The Bertz CT molecular complexity index is 293. The van der Waals surface area contributed by atoms with Crippen LogP contribution in [-0.4, -0.2) is 41.2 Å². The van der Waals surface area contributed by atoms with E-state index in [9.17, 15) is 9.59 Å². The van der Waals surface area contributed by atoms with E-state index in [-0.39, 0.29) is 6.03 Å². The maximum atomic E-state index is 11.6. The van der Waals surface area contributed by atoms with Crippen molar-refractivity contribution < 1.29 is 14.7 Å². The molecule has 2 amide bonds. The second-order valence-corrected chi connectivity index (χ2v) is 5.66. The van der Waals surface area contributed by atoms with Gasteiger partial charge in [0.1, 0.15) is 5.54 Å². The van der Waals surface area contributed by atoms with Crippen molar-refractivity contribution in [3.8, 4) is 0 Å². The molecule has 1 aliphatic carbocycles. The Morgan fingerprint density at radius 1 is 1.28 bits per heavy atom. The molecule has 6 heteroatoms. The summed E-state index contributed by atoms with van der Waals surface area (Å²) in [5.41, 5.74) is -1.01. The molecule has 0 radical (unpaired) electrons. The van der Waals surface area contributed by atoms with Crippen LogP contribution in [0.1, 0.15) is 38.5 Å². The number of rotatable bonds is 8. The number of carbonyl (C=O) groups is 2. The van der Waals surface area contributed by atoms with E-state index in [1.165, 1.54) is 0 Å². The molecule has 0 aromatic carbocycles. The summed E-state index contributed by atoms with van der Waals surface area (Å²) in [5, 5.41) is 14.4. The Balaban J connectivity index is 2.12. The first-order valence-corrected chi connectivity index (χ1v) is 7.78. The van der Waals surface area contributed by atoms with Crippen LogP contribution < -0.4 is 10.6 Å². The van der Waals surface area contributed by atoms with Gasteiger partial charge < -0.3 is 15.7 Å². The first-order chi connectivity index (χ1) is 8.60. The SMILES string of the molecule is CSCCCCCNC(=O)NC1(C(=O)O)CCC1. The minimum absolute atomic E-state index is 0.359. The molecule has 1 saturated carbocycles. The van der Waals surface area contributed by atoms with Crippen LogP contribution in [0.4, 0.5) is 4.79 Å². The molecule has 104 valence electrons. The van der Waals surface area contributed by atoms with E-state index < -0.39 is 11.5 Å². The number of nitrogens with one attached hydrogen (secondary N) is 2. The predicted octanol–water partition coefficient (Wildman–Crippen LogP) is 1.83. The average Bonchev–Trinajstić information content (AvgIpc) is 2.28. The van der Waals surface area contributed by atoms with Crippen LogP contribution in [0.5, 0.6) is 0 Å². The summed E-state index contributed by atoms with van der Waals surface area (Å²) in [7, 11) is 0. The number of carboxylic acid groups (broad SMARTS) is 1. The number of unbranched alkanes of at least 4 members (excludes halogenated alkanes) is 2. The van der Waals surface area contributed by atoms with E-state index >= 15 is 0 Å². The fourth-order valence-electron chi connectivity index (χ4n) is 1.93. The molecular weight excluding hydrogens is 252 g/mol. The van der Waals surface area contributed by atoms with E-state index in [2.05, 4.69) is 16.9 Å². The van der Waals surface area contributed by atoms with Gasteiger partial charge in [0.2, 0.25) is 0 Å². The highest BCUT2D eigenvalue weighted by Crippen LogP contribution is 2.31. The Morgan fingerprint density at radius 2 is 2.00 bits per heavy atom. The summed E-state index contributed by atoms with van der Waals surface area (Å²) in [6.45, 7) is 0.607. The molecule has 0 heterocycles. The molecular formula is C12H22N2O3S. The lowest BCUT2D eigenvalue weighted by molar-refractivity contribution is -0.148. The summed E-state index contributed by atoms with van der Waals surface area (Å²) in [5.74, 6) is 0.220. The highest BCUT2D eigenvalue weighted by Gasteiger charge is 2.45. The molecule has 1 aliphatic rings. The quantitative estimate of drug-likeness (QED) is 0.590. The second-order valence-electron chi connectivity index (χ2n) is 4.68. The summed E-state index contributed by atoms with van der Waals surface area (Å²) in [4.78, 5) is 22.6. The van der Waals surface area contributed by atoms with Gasteiger partial charge in [-0.05, 0) is 44.1 Å². The number of hydrogen-bond donors (Lipinski definition) is 3. The predicted molar refractivity (Wildman–Crippen MR) is 73.0 cm³/mol. The minimum Gasteiger partial charge on any atom is -0.480 e. The lowest BCUT2D eigenvalue weighted by Crippen LogP contribution is -2.61. The molecule has 0 aliphatic heterocycles. The summed E-state index contributed by atoms with van der Waals surface area (Å²) < 4.78 is 0. The molecule has 5 nitrogen and oxygen atoms in total. The van der Waals surface area contributed by atoms with Gasteiger partial charge in [-0.15, -0.1) is 0 Å². The van der Waals surface area contributed by atoms with Crippen LogP contribution in [0.2, 0.25) is 0 Å². The molecule has 0 aromatic rings. The van der Waals surface area contributed by atoms with Crippen molar-refractivity contribution in [1.82, 2.24) is 10.6 Å². The third-order valence-corrected chi connectivity index (χ3v) is 3.98. The Morgan fingerprint density at radius 3 is 2.50 bits per heavy atom. The molecule has 0 aromatic heterocycles. The maximum Gasteiger partial charge on any atom is 0.329 e. The zero-order valence-corrected chi connectivity index (χ0v) is 11.6. The number of hydrogen-bond acceptors (Lipinski definition) is 3. The van der Waals surface area contributed by atoms with Gasteiger partial charge in [0.05, 0.1) is 0 Å². The van der Waals surface area contributed by atoms with E-state index in [0.717, 1.165) is 31.4 Å². The molecule has 1 fully saturated rings. The molecule has 0 atom stereocenters. The van der Waals surface area contributed by atoms with E-state index in [0.29, 0.717) is 19.4 Å². The first kappa shape index (κ1) is 15.1. The van der Waals surface area contributed by atoms with Crippen LogP contribution in [0.3, 0.4) is 0 Å². The van der Waals surface area contributed by atoms with Crippen molar-refractivity contribution >= 4 is 23.8 Å². The average molecular weight is 274 g/mol. The number of carbonyl (C=O) groups excluding carboxylic acids is 1. The number of amides is 2. The lowest BCUT2D eigenvalue weighted by atomic mass is 9.77. The maximum absolute atomic E-state index is 11.6. The monoisotopic (exact) mass is 274 g/mol. The Labute approximate surface area is 112 Å². The third-order valence-electron chi connectivity index (χ3n) is 3.28. The topological polar surface area (TPSA) is 78.4 Å². The van der Waals surface area contributed by atoms with Crippen molar-refractivity contribution in [2.24, 2.45) is 0 Å². The zero-order valence-electron chi connectivity index (χ0n) is 10.8. The molecule has 3 N–H and O–H groups in total. The van der Waals surface area contributed by atoms with Crippen molar-refractivity contribution in [3.05, 3.63) is 0 Å². The van der Waals surface area contributed by atoms with Crippen molar-refractivity contribution in [2.45, 2.75) is 44.1 Å². The lowest BCUT2D eigenvalue weighted by Gasteiger charge is -2.38. The van der Waals surface area contributed by atoms with Gasteiger partial charge in [-0.25, -0.2) is 9.59 Å². The second kappa shape index (κ2) is 7.51. The van der Waals surface area contributed by atoms with Crippen LogP contribution in [0.15, 0.2) is 0 Å². The third kappa shape index (κ3) is 4.40. The fourth-order valence-corrected chi connectivity index (χ4v) is 2.43. The van der Waals surface area contributed by atoms with E-state index in [1.807, 2.05) is 11.8 Å².